The lowest BCUT2D eigenvalue weighted by atomic mass is 10.00. The number of anilines is 1. The minimum atomic E-state index is -4.59. The largest absolute Gasteiger partial charge is 0.417 e. The molecule has 136 valence electrons. The van der Waals surface area contributed by atoms with E-state index in [1.54, 1.807) is 11.1 Å². The second kappa shape index (κ2) is 6.12. The van der Waals surface area contributed by atoms with Crippen molar-refractivity contribution in [2.45, 2.75) is 37.5 Å². The van der Waals surface area contributed by atoms with Crippen LogP contribution >= 0.6 is 11.6 Å². The lowest BCUT2D eigenvalue weighted by Crippen LogP contribution is -2.44. The van der Waals surface area contributed by atoms with Gasteiger partial charge in [0.1, 0.15) is 6.33 Å². The molecule has 1 N–H and O–H groups in total. The molecule has 9 heteroatoms. The topological polar surface area (TPSA) is 58.1 Å². The SMILES string of the molecule is O=C(Nc1ccc(Cl)c(C(F)(F)F)c1)N1[C@@H]2CC[C@H]1c1cncnc1C2. The van der Waals surface area contributed by atoms with E-state index in [0.717, 1.165) is 36.2 Å². The van der Waals surface area contributed by atoms with Crippen LogP contribution in [0.1, 0.15) is 35.7 Å². The van der Waals surface area contributed by atoms with Crippen molar-refractivity contribution in [2.24, 2.45) is 0 Å². The van der Waals surface area contributed by atoms with Crippen LogP contribution in [-0.4, -0.2) is 26.9 Å². The van der Waals surface area contributed by atoms with Crippen LogP contribution in [0.3, 0.4) is 0 Å². The Balaban J connectivity index is 1.59. The zero-order chi connectivity index (χ0) is 18.5. The van der Waals surface area contributed by atoms with Crippen LogP contribution < -0.4 is 5.32 Å². The first-order valence-corrected chi connectivity index (χ1v) is 8.47. The average Bonchev–Trinajstić information content (AvgIpc) is 2.91. The minimum absolute atomic E-state index is 0.0169. The summed E-state index contributed by atoms with van der Waals surface area (Å²) in [7, 11) is 0. The smallest absolute Gasteiger partial charge is 0.314 e. The normalized spacial score (nSPS) is 21.5. The highest BCUT2D eigenvalue weighted by Crippen LogP contribution is 2.43. The van der Waals surface area contributed by atoms with Gasteiger partial charge in [0.2, 0.25) is 0 Å². The van der Waals surface area contributed by atoms with Crippen molar-refractivity contribution in [3.63, 3.8) is 0 Å². The summed E-state index contributed by atoms with van der Waals surface area (Å²) >= 11 is 5.62. The monoisotopic (exact) mass is 382 g/mol. The predicted molar refractivity (Wildman–Crippen MR) is 88.8 cm³/mol. The number of nitrogens with zero attached hydrogens (tertiary/aromatic N) is 3. The fourth-order valence-corrected chi connectivity index (χ4v) is 3.97. The van der Waals surface area contributed by atoms with E-state index < -0.39 is 22.8 Å². The number of alkyl halides is 3. The van der Waals surface area contributed by atoms with Crippen LogP contribution in [0.4, 0.5) is 23.7 Å². The fourth-order valence-electron chi connectivity index (χ4n) is 3.74. The second-order valence-electron chi connectivity index (χ2n) is 6.41. The highest BCUT2D eigenvalue weighted by molar-refractivity contribution is 6.31. The van der Waals surface area contributed by atoms with Gasteiger partial charge in [0.25, 0.3) is 0 Å². The standard InChI is InChI=1S/C17H14ClF3N4O/c18-13-3-1-9(5-12(13)17(19,20)21)24-16(26)25-10-2-4-15(25)11-7-22-8-23-14(11)6-10/h1,3,5,7-8,10,15H,2,4,6H2,(H,24,26)/t10-,15+/m1/s1. The molecule has 2 aromatic rings. The number of benzene rings is 1. The molecule has 0 unspecified atom stereocenters. The molecule has 2 aliphatic heterocycles. The van der Waals surface area contributed by atoms with Gasteiger partial charge in [-0.1, -0.05) is 11.6 Å². The number of hydrogen-bond acceptors (Lipinski definition) is 3. The van der Waals surface area contributed by atoms with Crippen molar-refractivity contribution < 1.29 is 18.0 Å². The number of aromatic nitrogens is 2. The van der Waals surface area contributed by atoms with Crippen molar-refractivity contribution >= 4 is 23.3 Å². The van der Waals surface area contributed by atoms with Gasteiger partial charge in [0, 0.05) is 29.9 Å². The molecule has 1 saturated heterocycles. The Morgan fingerprint density at radius 2 is 2.12 bits per heavy atom. The van der Waals surface area contributed by atoms with E-state index in [9.17, 15) is 18.0 Å². The van der Waals surface area contributed by atoms with Crippen molar-refractivity contribution in [3.05, 3.63) is 52.6 Å². The Labute approximate surface area is 152 Å². The first kappa shape index (κ1) is 17.1. The number of amides is 2. The molecule has 2 aliphatic rings. The zero-order valence-electron chi connectivity index (χ0n) is 13.4. The Bertz CT molecular complexity index is 873. The summed E-state index contributed by atoms with van der Waals surface area (Å²) in [6.07, 6.45) is 0.837. The lowest BCUT2D eigenvalue weighted by Gasteiger charge is -2.35. The molecule has 1 fully saturated rings. The summed E-state index contributed by atoms with van der Waals surface area (Å²) in [6, 6.07) is 2.74. The van der Waals surface area contributed by atoms with E-state index in [2.05, 4.69) is 15.3 Å². The Morgan fingerprint density at radius 1 is 1.31 bits per heavy atom. The third-order valence-corrected chi connectivity index (χ3v) is 5.20. The first-order valence-electron chi connectivity index (χ1n) is 8.09. The summed E-state index contributed by atoms with van der Waals surface area (Å²) < 4.78 is 39.0. The van der Waals surface area contributed by atoms with E-state index in [-0.39, 0.29) is 17.8 Å². The quantitative estimate of drug-likeness (QED) is 0.793. The van der Waals surface area contributed by atoms with E-state index in [1.165, 1.54) is 12.4 Å². The maximum Gasteiger partial charge on any atom is 0.417 e. The van der Waals surface area contributed by atoms with Gasteiger partial charge in [-0.3, -0.25) is 0 Å². The summed E-state index contributed by atoms with van der Waals surface area (Å²) in [5.41, 5.74) is 0.921. The number of carbonyl (C=O) groups is 1. The van der Waals surface area contributed by atoms with Crippen molar-refractivity contribution in [1.29, 1.82) is 0 Å². The molecule has 0 radical (unpaired) electrons. The third-order valence-electron chi connectivity index (χ3n) is 4.88. The van der Waals surface area contributed by atoms with E-state index >= 15 is 0 Å². The molecule has 2 bridgehead atoms. The number of nitrogens with one attached hydrogen (secondary N) is 1. The maximum atomic E-state index is 13.0. The fraction of sp³-hybridized carbons (Fsp3) is 0.353. The van der Waals surface area contributed by atoms with Gasteiger partial charge in [-0.2, -0.15) is 13.2 Å². The highest BCUT2D eigenvalue weighted by atomic mass is 35.5. The molecule has 2 amide bonds. The van der Waals surface area contributed by atoms with Crippen LogP contribution in [0.15, 0.2) is 30.7 Å². The van der Waals surface area contributed by atoms with Gasteiger partial charge >= 0.3 is 12.2 Å². The molecule has 4 rings (SSSR count). The molecule has 0 aliphatic carbocycles. The Kier molecular flexibility index (Phi) is 4.02. The number of hydrogen-bond donors (Lipinski definition) is 1. The van der Waals surface area contributed by atoms with Crippen molar-refractivity contribution in [3.8, 4) is 0 Å². The summed E-state index contributed by atoms with van der Waals surface area (Å²) in [6.45, 7) is 0. The van der Waals surface area contributed by atoms with Gasteiger partial charge in [0.05, 0.1) is 22.3 Å². The van der Waals surface area contributed by atoms with Crippen LogP contribution in [0, 0.1) is 0 Å². The number of halogens is 4. The van der Waals surface area contributed by atoms with E-state index in [1.807, 2.05) is 0 Å². The van der Waals surface area contributed by atoms with Gasteiger partial charge in [-0.05, 0) is 31.0 Å². The van der Waals surface area contributed by atoms with Crippen molar-refractivity contribution in [2.75, 3.05) is 5.32 Å². The van der Waals surface area contributed by atoms with E-state index in [4.69, 9.17) is 11.6 Å². The van der Waals surface area contributed by atoms with E-state index in [0.29, 0.717) is 6.42 Å². The molecule has 3 heterocycles. The summed E-state index contributed by atoms with van der Waals surface area (Å²) in [4.78, 5) is 22.7. The van der Waals surface area contributed by atoms with Crippen LogP contribution in [0.2, 0.25) is 5.02 Å². The summed E-state index contributed by atoms with van der Waals surface area (Å²) in [5, 5.41) is 2.17. The molecule has 0 spiro atoms. The number of urea groups is 1. The lowest BCUT2D eigenvalue weighted by molar-refractivity contribution is -0.137. The highest BCUT2D eigenvalue weighted by Gasteiger charge is 2.43. The van der Waals surface area contributed by atoms with Gasteiger partial charge in [-0.15, -0.1) is 0 Å². The van der Waals surface area contributed by atoms with Crippen LogP contribution in [-0.2, 0) is 12.6 Å². The van der Waals surface area contributed by atoms with Crippen LogP contribution in [0.25, 0.3) is 0 Å². The molecule has 1 aromatic carbocycles. The molecular formula is C17H14ClF3N4O. The third kappa shape index (κ3) is 2.88. The summed E-state index contributed by atoms with van der Waals surface area (Å²) in [5.74, 6) is 0. The Hall–Kier alpha value is -2.35. The predicted octanol–water partition coefficient (Wildman–Crippen LogP) is 4.44. The number of rotatable bonds is 1. The van der Waals surface area contributed by atoms with Crippen molar-refractivity contribution in [1.82, 2.24) is 14.9 Å². The average molecular weight is 383 g/mol. The first-order chi connectivity index (χ1) is 12.3. The van der Waals surface area contributed by atoms with Crippen LogP contribution in [0.5, 0.6) is 0 Å². The minimum Gasteiger partial charge on any atom is -0.314 e. The molecule has 5 nitrogen and oxygen atoms in total. The van der Waals surface area contributed by atoms with Gasteiger partial charge < -0.3 is 10.2 Å². The van der Waals surface area contributed by atoms with Gasteiger partial charge in [-0.25, -0.2) is 14.8 Å². The zero-order valence-corrected chi connectivity index (χ0v) is 14.2. The number of carbonyl (C=O) groups excluding carboxylic acids is 1. The molecule has 0 saturated carbocycles. The molecule has 1 aromatic heterocycles. The van der Waals surface area contributed by atoms with Gasteiger partial charge in [0.15, 0.2) is 0 Å². The molecule has 2 atom stereocenters. The second-order valence-corrected chi connectivity index (χ2v) is 6.81. The Morgan fingerprint density at radius 3 is 2.88 bits per heavy atom. The molecular weight excluding hydrogens is 369 g/mol. The molecule has 26 heavy (non-hydrogen) atoms. The number of fused-ring (bicyclic) bond motifs is 4. The maximum absolute atomic E-state index is 13.0.